The van der Waals surface area contributed by atoms with E-state index < -0.39 is 15.6 Å². The van der Waals surface area contributed by atoms with E-state index in [1.54, 1.807) is 6.92 Å². The van der Waals surface area contributed by atoms with E-state index in [0.717, 1.165) is 0 Å². The highest BCUT2D eigenvalue weighted by molar-refractivity contribution is 7.89. The molecule has 0 spiro atoms. The third kappa shape index (κ3) is 3.52. The number of aromatic nitrogens is 2. The maximum absolute atomic E-state index is 12.1. The number of rotatable bonds is 6. The fourth-order valence-corrected chi connectivity index (χ4v) is 3.01. The first-order valence-corrected chi connectivity index (χ1v) is 7.07. The molecule has 0 aliphatic carbocycles. The van der Waals surface area contributed by atoms with Crippen LogP contribution in [-0.2, 0) is 10.0 Å². The standard InChI is InChI=1S/C10H20N4O2S/c1-4-10(3,5-6-11)14-17(15,16)9-7-12-8(2)13-9/h7,14H,4-6,11H2,1-3H3,(H,12,13). The zero-order valence-corrected chi connectivity index (χ0v) is 11.3. The lowest BCUT2D eigenvalue weighted by atomic mass is 9.96. The number of hydrogen-bond acceptors (Lipinski definition) is 4. The molecule has 17 heavy (non-hydrogen) atoms. The number of nitrogens with zero attached hydrogens (tertiary/aromatic N) is 1. The average Bonchev–Trinajstić information content (AvgIpc) is 2.65. The van der Waals surface area contributed by atoms with E-state index in [-0.39, 0.29) is 5.03 Å². The molecule has 1 rings (SSSR count). The monoisotopic (exact) mass is 260 g/mol. The van der Waals surface area contributed by atoms with Gasteiger partial charge in [-0.15, -0.1) is 0 Å². The van der Waals surface area contributed by atoms with E-state index in [9.17, 15) is 8.42 Å². The van der Waals surface area contributed by atoms with Crippen LogP contribution in [-0.4, -0.2) is 30.5 Å². The Morgan fingerprint density at radius 1 is 1.59 bits per heavy atom. The third-order valence-electron chi connectivity index (χ3n) is 2.83. The summed E-state index contributed by atoms with van der Waals surface area (Å²) in [6, 6.07) is 0. The van der Waals surface area contributed by atoms with Gasteiger partial charge in [-0.05, 0) is 33.2 Å². The summed E-state index contributed by atoms with van der Waals surface area (Å²) in [6.45, 7) is 5.92. The Bertz CT molecular complexity index is 468. The molecule has 0 radical (unpaired) electrons. The van der Waals surface area contributed by atoms with Crippen molar-refractivity contribution in [2.75, 3.05) is 6.54 Å². The molecule has 0 bridgehead atoms. The summed E-state index contributed by atoms with van der Waals surface area (Å²) in [5, 5.41) is 0.0895. The summed E-state index contributed by atoms with van der Waals surface area (Å²) < 4.78 is 26.8. The van der Waals surface area contributed by atoms with Gasteiger partial charge in [0.1, 0.15) is 5.82 Å². The van der Waals surface area contributed by atoms with Gasteiger partial charge in [0.15, 0.2) is 5.03 Å². The van der Waals surface area contributed by atoms with Gasteiger partial charge >= 0.3 is 0 Å². The van der Waals surface area contributed by atoms with Crippen LogP contribution in [0.4, 0.5) is 0 Å². The second-order valence-corrected chi connectivity index (χ2v) is 6.04. The van der Waals surface area contributed by atoms with Crippen molar-refractivity contribution in [3.63, 3.8) is 0 Å². The van der Waals surface area contributed by atoms with Crippen LogP contribution in [0.5, 0.6) is 0 Å². The smallest absolute Gasteiger partial charge is 0.258 e. The molecular formula is C10H20N4O2S. The van der Waals surface area contributed by atoms with Gasteiger partial charge in [-0.25, -0.2) is 18.1 Å². The zero-order valence-electron chi connectivity index (χ0n) is 10.4. The number of nitrogens with two attached hydrogens (primary N) is 1. The highest BCUT2D eigenvalue weighted by Gasteiger charge is 2.29. The second-order valence-electron chi connectivity index (χ2n) is 4.39. The zero-order chi connectivity index (χ0) is 13.1. The van der Waals surface area contributed by atoms with Gasteiger partial charge in [0, 0.05) is 5.54 Å². The van der Waals surface area contributed by atoms with Crippen molar-refractivity contribution in [1.82, 2.24) is 14.7 Å². The summed E-state index contributed by atoms with van der Waals surface area (Å²) >= 11 is 0. The number of aryl methyl sites for hydroxylation is 1. The molecule has 7 heteroatoms. The SMILES string of the molecule is CCC(C)(CCN)NS(=O)(=O)c1cnc(C)[nH]1. The van der Waals surface area contributed by atoms with Gasteiger partial charge in [-0.2, -0.15) is 0 Å². The summed E-state index contributed by atoms with van der Waals surface area (Å²) in [5.41, 5.74) is 4.98. The molecule has 98 valence electrons. The molecule has 0 saturated carbocycles. The molecule has 0 aromatic carbocycles. The number of aromatic amines is 1. The maximum Gasteiger partial charge on any atom is 0.258 e. The lowest BCUT2D eigenvalue weighted by Crippen LogP contribution is -2.46. The van der Waals surface area contributed by atoms with E-state index in [0.29, 0.717) is 25.2 Å². The second kappa shape index (κ2) is 5.16. The first-order valence-electron chi connectivity index (χ1n) is 5.58. The number of H-pyrrole nitrogens is 1. The predicted molar refractivity (Wildman–Crippen MR) is 66.0 cm³/mol. The molecule has 0 fully saturated rings. The molecule has 0 aliphatic heterocycles. The van der Waals surface area contributed by atoms with Crippen LogP contribution >= 0.6 is 0 Å². The highest BCUT2D eigenvalue weighted by Crippen LogP contribution is 2.17. The Labute approximate surface area is 102 Å². The molecular weight excluding hydrogens is 240 g/mol. The van der Waals surface area contributed by atoms with Crippen LogP contribution in [0, 0.1) is 6.92 Å². The molecule has 4 N–H and O–H groups in total. The fraction of sp³-hybridized carbons (Fsp3) is 0.700. The van der Waals surface area contributed by atoms with Gasteiger partial charge in [-0.3, -0.25) is 0 Å². The summed E-state index contributed by atoms with van der Waals surface area (Å²) in [5.74, 6) is 0.572. The van der Waals surface area contributed by atoms with E-state index >= 15 is 0 Å². The van der Waals surface area contributed by atoms with Crippen LogP contribution in [0.3, 0.4) is 0 Å². The van der Waals surface area contributed by atoms with Gasteiger partial charge < -0.3 is 10.7 Å². The topological polar surface area (TPSA) is 101 Å². The predicted octanol–water partition coefficient (Wildman–Crippen LogP) is 0.514. The Morgan fingerprint density at radius 3 is 2.65 bits per heavy atom. The minimum Gasteiger partial charge on any atom is -0.332 e. The summed E-state index contributed by atoms with van der Waals surface area (Å²) in [6.07, 6.45) is 2.59. The van der Waals surface area contributed by atoms with Crippen molar-refractivity contribution in [3.8, 4) is 0 Å². The molecule has 1 unspecified atom stereocenters. The van der Waals surface area contributed by atoms with Crippen LogP contribution in [0.2, 0.25) is 0 Å². The Balaban J connectivity index is 2.93. The number of sulfonamides is 1. The molecule has 6 nitrogen and oxygen atoms in total. The molecule has 1 atom stereocenters. The van der Waals surface area contributed by atoms with E-state index in [1.807, 2.05) is 13.8 Å². The van der Waals surface area contributed by atoms with Crippen molar-refractivity contribution < 1.29 is 8.42 Å². The average molecular weight is 260 g/mol. The number of nitrogens with one attached hydrogen (secondary N) is 2. The van der Waals surface area contributed by atoms with E-state index in [1.165, 1.54) is 6.20 Å². The number of imidazole rings is 1. The minimum atomic E-state index is -3.56. The molecule has 0 saturated heterocycles. The van der Waals surface area contributed by atoms with Crippen molar-refractivity contribution in [2.45, 2.75) is 44.2 Å². The van der Waals surface area contributed by atoms with Crippen molar-refractivity contribution in [2.24, 2.45) is 5.73 Å². The van der Waals surface area contributed by atoms with Gasteiger partial charge in [0.05, 0.1) is 6.20 Å². The Hall–Kier alpha value is -0.920. The van der Waals surface area contributed by atoms with E-state index in [4.69, 9.17) is 5.73 Å². The molecule has 1 heterocycles. The summed E-state index contributed by atoms with van der Waals surface area (Å²) in [7, 11) is -3.56. The lowest BCUT2D eigenvalue weighted by Gasteiger charge is -2.28. The lowest BCUT2D eigenvalue weighted by molar-refractivity contribution is 0.378. The van der Waals surface area contributed by atoms with Crippen LogP contribution in [0.25, 0.3) is 0 Å². The maximum atomic E-state index is 12.1. The molecule has 0 aliphatic rings. The van der Waals surface area contributed by atoms with Crippen molar-refractivity contribution in [3.05, 3.63) is 12.0 Å². The first-order chi connectivity index (χ1) is 7.83. The minimum absolute atomic E-state index is 0.0895. The van der Waals surface area contributed by atoms with Gasteiger partial charge in [0.2, 0.25) is 0 Å². The van der Waals surface area contributed by atoms with E-state index in [2.05, 4.69) is 14.7 Å². The molecule has 1 aromatic heterocycles. The first kappa shape index (κ1) is 14.1. The largest absolute Gasteiger partial charge is 0.332 e. The fourth-order valence-electron chi connectivity index (χ4n) is 1.53. The van der Waals surface area contributed by atoms with Crippen LogP contribution in [0.1, 0.15) is 32.5 Å². The van der Waals surface area contributed by atoms with Crippen molar-refractivity contribution >= 4 is 10.0 Å². The highest BCUT2D eigenvalue weighted by atomic mass is 32.2. The Kier molecular flexibility index (Phi) is 4.29. The summed E-state index contributed by atoms with van der Waals surface area (Å²) in [4.78, 5) is 6.60. The quantitative estimate of drug-likeness (QED) is 0.693. The Morgan fingerprint density at radius 2 is 2.24 bits per heavy atom. The van der Waals surface area contributed by atoms with Gasteiger partial charge in [-0.1, -0.05) is 6.92 Å². The van der Waals surface area contributed by atoms with Crippen LogP contribution in [0.15, 0.2) is 11.2 Å². The van der Waals surface area contributed by atoms with Gasteiger partial charge in [0.25, 0.3) is 10.0 Å². The normalized spacial score (nSPS) is 15.8. The third-order valence-corrected chi connectivity index (χ3v) is 4.37. The van der Waals surface area contributed by atoms with Crippen molar-refractivity contribution in [1.29, 1.82) is 0 Å². The molecule has 1 aromatic rings. The number of hydrogen-bond donors (Lipinski definition) is 3. The van der Waals surface area contributed by atoms with Crippen LogP contribution < -0.4 is 10.5 Å². The molecule has 0 amide bonds.